The van der Waals surface area contributed by atoms with Gasteiger partial charge in [-0.1, -0.05) is 81.4 Å². The van der Waals surface area contributed by atoms with E-state index < -0.39 is 32.4 Å². The average molecular weight is 519 g/mol. The number of hydrogen-bond acceptors (Lipinski definition) is 7. The molecule has 0 radical (unpaired) electrons. The first-order valence-electron chi connectivity index (χ1n) is 12.5. The lowest BCUT2D eigenvalue weighted by Gasteiger charge is -2.43. The van der Waals surface area contributed by atoms with Crippen LogP contribution < -0.4 is 16.1 Å². The van der Waals surface area contributed by atoms with Crippen molar-refractivity contribution in [1.82, 2.24) is 14.5 Å². The van der Waals surface area contributed by atoms with Crippen LogP contribution in [-0.4, -0.2) is 57.5 Å². The molecule has 2 unspecified atom stereocenters. The van der Waals surface area contributed by atoms with Gasteiger partial charge in [-0.05, 0) is 28.4 Å². The number of anilines is 1. The summed E-state index contributed by atoms with van der Waals surface area (Å²) < 4.78 is 15.0. The molecule has 0 bridgehead atoms. The summed E-state index contributed by atoms with van der Waals surface area (Å²) in [5.41, 5.74) is 4.94. The molecule has 8 nitrogen and oxygen atoms in total. The van der Waals surface area contributed by atoms with Crippen LogP contribution in [0.2, 0.25) is 5.04 Å². The summed E-state index contributed by atoms with van der Waals surface area (Å²) in [6.07, 6.45) is 0.276. The molecular weight excluding hydrogens is 484 g/mol. The smallest absolute Gasteiger partial charge is 0.261 e. The lowest BCUT2D eigenvalue weighted by molar-refractivity contribution is -0.0946. The standard InChI is InChI=1S/C28H34N4O4Si/c1-27(2,3)37(19-11-7-5-8-12-19,20-13-9-6-10-14-20)35-17-22-23(33)28(4,34)26(36-22)32-16-15-21-24(29)30-18-31-25(21)32/h5-16,18,22-23,26,33-34H,17H2,1-4H3,(H2,29,30,31)/t22-,23?,26-,28?/m1/s1. The first-order chi connectivity index (χ1) is 17.6. The zero-order valence-corrected chi connectivity index (χ0v) is 22.6. The maximum absolute atomic E-state index is 11.4. The van der Waals surface area contributed by atoms with E-state index in [1.165, 1.54) is 6.33 Å². The van der Waals surface area contributed by atoms with E-state index in [4.69, 9.17) is 14.9 Å². The summed E-state index contributed by atoms with van der Waals surface area (Å²) in [5.74, 6) is 0.341. The zero-order valence-electron chi connectivity index (χ0n) is 21.6. The van der Waals surface area contributed by atoms with Crippen LogP contribution in [0.4, 0.5) is 5.82 Å². The molecule has 4 aromatic rings. The monoisotopic (exact) mass is 518 g/mol. The third-order valence-corrected chi connectivity index (χ3v) is 12.4. The van der Waals surface area contributed by atoms with Crippen molar-refractivity contribution in [3.05, 3.63) is 79.3 Å². The van der Waals surface area contributed by atoms with Crippen molar-refractivity contribution >= 4 is 35.5 Å². The van der Waals surface area contributed by atoms with Gasteiger partial charge in [-0.2, -0.15) is 0 Å². The van der Waals surface area contributed by atoms with E-state index in [9.17, 15) is 10.2 Å². The van der Waals surface area contributed by atoms with Gasteiger partial charge in [0.25, 0.3) is 8.32 Å². The highest BCUT2D eigenvalue weighted by molar-refractivity contribution is 6.99. The Morgan fingerprint density at radius 2 is 1.62 bits per heavy atom. The number of nitrogens with two attached hydrogens (primary N) is 1. The predicted octanol–water partition coefficient (Wildman–Crippen LogP) is 2.60. The molecule has 3 heterocycles. The third-order valence-electron chi connectivity index (χ3n) is 7.43. The van der Waals surface area contributed by atoms with E-state index in [1.807, 2.05) is 36.4 Å². The summed E-state index contributed by atoms with van der Waals surface area (Å²) >= 11 is 0. The van der Waals surface area contributed by atoms with Gasteiger partial charge in [-0.15, -0.1) is 0 Å². The summed E-state index contributed by atoms with van der Waals surface area (Å²) in [6.45, 7) is 8.26. The van der Waals surface area contributed by atoms with Gasteiger partial charge in [-0.25, -0.2) is 9.97 Å². The van der Waals surface area contributed by atoms with E-state index in [0.29, 0.717) is 16.9 Å². The molecule has 4 atom stereocenters. The van der Waals surface area contributed by atoms with Gasteiger partial charge in [0.1, 0.15) is 35.6 Å². The molecular formula is C28H34N4O4Si. The fourth-order valence-corrected chi connectivity index (χ4v) is 10.1. The van der Waals surface area contributed by atoms with Gasteiger partial charge in [0.15, 0.2) is 6.23 Å². The quantitative estimate of drug-likeness (QED) is 0.336. The molecule has 0 saturated carbocycles. The fourth-order valence-electron chi connectivity index (χ4n) is 5.53. The summed E-state index contributed by atoms with van der Waals surface area (Å²) in [7, 11) is -2.85. The number of benzene rings is 2. The Hall–Kier alpha value is -3.08. The number of fused-ring (bicyclic) bond motifs is 1. The Kier molecular flexibility index (Phi) is 6.45. The van der Waals surface area contributed by atoms with E-state index in [0.717, 1.165) is 10.4 Å². The fraction of sp³-hybridized carbons (Fsp3) is 0.357. The third kappa shape index (κ3) is 4.16. The van der Waals surface area contributed by atoms with E-state index >= 15 is 0 Å². The average Bonchev–Trinajstić information content (AvgIpc) is 3.39. The number of aliphatic hydroxyl groups excluding tert-OH is 1. The Morgan fingerprint density at radius 1 is 1.03 bits per heavy atom. The topological polar surface area (TPSA) is 116 Å². The van der Waals surface area contributed by atoms with Crippen molar-refractivity contribution in [2.24, 2.45) is 0 Å². The maximum Gasteiger partial charge on any atom is 0.261 e. The Balaban J connectivity index is 1.51. The van der Waals surface area contributed by atoms with Crippen LogP contribution in [-0.2, 0) is 9.16 Å². The molecule has 37 heavy (non-hydrogen) atoms. The molecule has 0 aliphatic carbocycles. The van der Waals surface area contributed by atoms with Crippen LogP contribution >= 0.6 is 0 Å². The molecule has 2 aromatic carbocycles. The predicted molar refractivity (Wildman–Crippen MR) is 146 cm³/mol. The van der Waals surface area contributed by atoms with Gasteiger partial charge < -0.3 is 29.7 Å². The number of rotatable bonds is 6. The molecule has 5 rings (SSSR count). The van der Waals surface area contributed by atoms with E-state index in [-0.39, 0.29) is 11.6 Å². The van der Waals surface area contributed by atoms with Crippen molar-refractivity contribution in [3.63, 3.8) is 0 Å². The SMILES string of the molecule is CC1(O)C(O)[C@@H](CO[Si](c2ccccc2)(c2ccccc2)C(C)(C)C)O[C@H]1n1ccc2c(N)ncnc21. The summed E-state index contributed by atoms with van der Waals surface area (Å²) in [4.78, 5) is 8.37. The lowest BCUT2D eigenvalue weighted by Crippen LogP contribution is -2.67. The first-order valence-corrected chi connectivity index (χ1v) is 14.4. The highest BCUT2D eigenvalue weighted by Crippen LogP contribution is 2.42. The highest BCUT2D eigenvalue weighted by Gasteiger charge is 2.56. The molecule has 9 heteroatoms. The zero-order chi connectivity index (χ0) is 26.4. The van der Waals surface area contributed by atoms with Crippen molar-refractivity contribution in [3.8, 4) is 0 Å². The number of aromatic nitrogens is 3. The second-order valence-corrected chi connectivity index (χ2v) is 15.2. The van der Waals surface area contributed by atoms with Crippen LogP contribution in [0.1, 0.15) is 33.9 Å². The van der Waals surface area contributed by atoms with Crippen LogP contribution in [0.3, 0.4) is 0 Å². The van der Waals surface area contributed by atoms with Crippen molar-refractivity contribution < 1.29 is 19.4 Å². The number of aliphatic hydroxyl groups is 2. The Labute approximate surface area is 217 Å². The number of hydrogen-bond donors (Lipinski definition) is 3. The largest absolute Gasteiger partial charge is 0.405 e. The minimum Gasteiger partial charge on any atom is -0.405 e. The second kappa shape index (κ2) is 9.34. The molecule has 4 N–H and O–H groups in total. The second-order valence-electron chi connectivity index (χ2n) is 10.9. The van der Waals surface area contributed by atoms with Crippen molar-refractivity contribution in [1.29, 1.82) is 0 Å². The van der Waals surface area contributed by atoms with Gasteiger partial charge >= 0.3 is 0 Å². The molecule has 1 aliphatic heterocycles. The van der Waals surface area contributed by atoms with Crippen LogP contribution in [0.5, 0.6) is 0 Å². The first kappa shape index (κ1) is 25.6. The van der Waals surface area contributed by atoms with Crippen molar-refractivity contribution in [2.45, 2.75) is 56.8 Å². The molecule has 194 valence electrons. The summed E-state index contributed by atoms with van der Waals surface area (Å²) in [6, 6.07) is 22.4. The molecule has 2 aromatic heterocycles. The minimum absolute atomic E-state index is 0.109. The molecule has 1 aliphatic rings. The highest BCUT2D eigenvalue weighted by atomic mass is 28.4. The molecule has 1 fully saturated rings. The lowest BCUT2D eigenvalue weighted by atomic mass is 9.96. The number of ether oxygens (including phenoxy) is 1. The van der Waals surface area contributed by atoms with Gasteiger partial charge in [-0.3, -0.25) is 0 Å². The van der Waals surface area contributed by atoms with E-state index in [1.54, 1.807) is 23.8 Å². The number of nitrogens with zero attached hydrogens (tertiary/aromatic N) is 3. The van der Waals surface area contributed by atoms with Gasteiger partial charge in [0, 0.05) is 6.20 Å². The normalized spacial score (nSPS) is 24.5. The minimum atomic E-state index is -2.85. The van der Waals surface area contributed by atoms with Crippen LogP contribution in [0.15, 0.2) is 79.3 Å². The molecule has 0 amide bonds. The van der Waals surface area contributed by atoms with Crippen molar-refractivity contribution in [2.75, 3.05) is 12.3 Å². The van der Waals surface area contributed by atoms with E-state index in [2.05, 4.69) is 55.0 Å². The summed E-state index contributed by atoms with van der Waals surface area (Å²) in [5, 5.41) is 25.3. The van der Waals surface area contributed by atoms with Gasteiger partial charge in [0.2, 0.25) is 0 Å². The molecule has 1 saturated heterocycles. The maximum atomic E-state index is 11.4. The van der Waals surface area contributed by atoms with Crippen LogP contribution in [0.25, 0.3) is 11.0 Å². The number of nitrogen functional groups attached to an aromatic ring is 1. The van der Waals surface area contributed by atoms with Gasteiger partial charge in [0.05, 0.1) is 12.0 Å². The Bertz CT molecular complexity index is 1330. The molecule has 0 spiro atoms. The van der Waals surface area contributed by atoms with Crippen LogP contribution in [0, 0.1) is 0 Å². The Morgan fingerprint density at radius 3 is 2.19 bits per heavy atom.